The van der Waals surface area contributed by atoms with Crippen molar-refractivity contribution in [3.8, 4) is 0 Å². The molecule has 0 unspecified atom stereocenters. The lowest BCUT2D eigenvalue weighted by atomic mass is 9.79. The van der Waals surface area contributed by atoms with Gasteiger partial charge in [0.1, 0.15) is 0 Å². The Balaban J connectivity index is 2.37. The van der Waals surface area contributed by atoms with Gasteiger partial charge in [0.25, 0.3) is 0 Å². The average Bonchev–Trinajstić information content (AvgIpc) is 2.44. The van der Waals surface area contributed by atoms with Crippen LogP contribution in [0.15, 0.2) is 0 Å². The maximum absolute atomic E-state index is 12.5. The van der Waals surface area contributed by atoms with Gasteiger partial charge in [-0.15, -0.1) is 11.6 Å². The molecule has 1 fully saturated rings. The summed E-state index contributed by atoms with van der Waals surface area (Å²) in [6.45, 7) is 5.95. The molecule has 1 amide bonds. The highest BCUT2D eigenvalue weighted by atomic mass is 35.5. The lowest BCUT2D eigenvalue weighted by molar-refractivity contribution is -0.136. The molecule has 0 N–H and O–H groups in total. The Kier molecular flexibility index (Phi) is 8.52. The van der Waals surface area contributed by atoms with E-state index in [-0.39, 0.29) is 5.92 Å². The van der Waals surface area contributed by atoms with Crippen LogP contribution in [0.4, 0.5) is 0 Å². The first-order valence-corrected chi connectivity index (χ1v) is 8.61. The van der Waals surface area contributed by atoms with Crippen molar-refractivity contribution in [3.63, 3.8) is 0 Å². The summed E-state index contributed by atoms with van der Waals surface area (Å²) in [5.74, 6) is 2.05. The monoisotopic (exact) mass is 287 g/mol. The van der Waals surface area contributed by atoms with E-state index in [0.717, 1.165) is 31.7 Å². The Labute approximate surface area is 123 Å². The second-order valence-corrected chi connectivity index (χ2v) is 6.25. The molecule has 112 valence electrons. The van der Waals surface area contributed by atoms with E-state index in [0.29, 0.717) is 18.3 Å². The van der Waals surface area contributed by atoms with Gasteiger partial charge < -0.3 is 4.90 Å². The molecule has 1 saturated carbocycles. The van der Waals surface area contributed by atoms with Crippen molar-refractivity contribution in [2.24, 2.45) is 11.8 Å². The zero-order chi connectivity index (χ0) is 14.1. The molecule has 0 saturated heterocycles. The van der Waals surface area contributed by atoms with Crippen LogP contribution in [0.5, 0.6) is 0 Å². The summed E-state index contributed by atoms with van der Waals surface area (Å²) in [5.41, 5.74) is 0. The second-order valence-electron chi connectivity index (χ2n) is 5.87. The van der Waals surface area contributed by atoms with Crippen LogP contribution in [0.2, 0.25) is 0 Å². The highest BCUT2D eigenvalue weighted by molar-refractivity contribution is 6.18. The quantitative estimate of drug-likeness (QED) is 0.604. The molecular formula is C16H30ClNO. The van der Waals surface area contributed by atoms with Crippen molar-refractivity contribution in [1.82, 2.24) is 4.90 Å². The van der Waals surface area contributed by atoms with Crippen LogP contribution in [0, 0.1) is 11.8 Å². The Morgan fingerprint density at radius 2 is 1.79 bits per heavy atom. The Bertz CT molecular complexity index is 243. The van der Waals surface area contributed by atoms with Gasteiger partial charge in [0, 0.05) is 24.9 Å². The van der Waals surface area contributed by atoms with E-state index in [1.807, 2.05) is 4.90 Å². The van der Waals surface area contributed by atoms with Gasteiger partial charge in [-0.05, 0) is 38.0 Å². The first kappa shape index (κ1) is 16.8. The van der Waals surface area contributed by atoms with Gasteiger partial charge in [-0.3, -0.25) is 4.79 Å². The van der Waals surface area contributed by atoms with Crippen molar-refractivity contribution in [1.29, 1.82) is 0 Å². The molecule has 19 heavy (non-hydrogen) atoms. The van der Waals surface area contributed by atoms with E-state index in [1.165, 1.54) is 32.1 Å². The summed E-state index contributed by atoms with van der Waals surface area (Å²) in [6, 6.07) is 0. The maximum atomic E-state index is 12.5. The summed E-state index contributed by atoms with van der Waals surface area (Å²) in [4.78, 5) is 14.4. The fourth-order valence-corrected chi connectivity index (χ4v) is 3.36. The van der Waals surface area contributed by atoms with E-state index >= 15 is 0 Å². The van der Waals surface area contributed by atoms with Crippen LogP contribution in [0.25, 0.3) is 0 Å². The Hall–Kier alpha value is -0.240. The summed E-state index contributed by atoms with van der Waals surface area (Å²) >= 11 is 5.80. The van der Waals surface area contributed by atoms with E-state index in [9.17, 15) is 4.79 Å². The van der Waals surface area contributed by atoms with Gasteiger partial charge in [0.2, 0.25) is 5.91 Å². The van der Waals surface area contributed by atoms with Crippen LogP contribution in [-0.4, -0.2) is 29.8 Å². The zero-order valence-corrected chi connectivity index (χ0v) is 13.4. The average molecular weight is 288 g/mol. The number of nitrogens with zero attached hydrogens (tertiary/aromatic N) is 1. The minimum absolute atomic E-state index is 0.271. The number of carbonyl (C=O) groups excluding carboxylic acids is 1. The van der Waals surface area contributed by atoms with Crippen LogP contribution in [0.3, 0.4) is 0 Å². The van der Waals surface area contributed by atoms with Crippen molar-refractivity contribution in [2.45, 2.75) is 65.2 Å². The number of hydrogen-bond donors (Lipinski definition) is 0. The molecule has 2 nitrogen and oxygen atoms in total. The molecule has 0 aliphatic heterocycles. The molecule has 1 aliphatic rings. The summed E-state index contributed by atoms with van der Waals surface area (Å²) in [6.07, 6.45) is 9.70. The largest absolute Gasteiger partial charge is 0.341 e. The minimum atomic E-state index is 0.271. The number of unbranched alkanes of at least 4 members (excludes halogenated alkanes) is 1. The second kappa shape index (κ2) is 9.63. The highest BCUT2D eigenvalue weighted by Gasteiger charge is 2.28. The minimum Gasteiger partial charge on any atom is -0.341 e. The topological polar surface area (TPSA) is 20.3 Å². The summed E-state index contributed by atoms with van der Waals surface area (Å²) in [7, 11) is 0. The molecule has 1 aliphatic carbocycles. The predicted octanol–water partition coefficient (Wildman–Crippen LogP) is 4.46. The van der Waals surface area contributed by atoms with Gasteiger partial charge in [-0.2, -0.15) is 0 Å². The molecule has 1 rings (SSSR count). The zero-order valence-electron chi connectivity index (χ0n) is 12.7. The Morgan fingerprint density at radius 3 is 2.32 bits per heavy atom. The predicted molar refractivity (Wildman–Crippen MR) is 82.6 cm³/mol. The van der Waals surface area contributed by atoms with Crippen molar-refractivity contribution < 1.29 is 4.79 Å². The molecular weight excluding hydrogens is 258 g/mol. The Morgan fingerprint density at radius 1 is 1.11 bits per heavy atom. The first-order valence-electron chi connectivity index (χ1n) is 8.07. The van der Waals surface area contributed by atoms with Crippen LogP contribution in [-0.2, 0) is 4.79 Å². The summed E-state index contributed by atoms with van der Waals surface area (Å²) < 4.78 is 0. The summed E-state index contributed by atoms with van der Waals surface area (Å²) in [5, 5.41) is 0. The molecule has 0 aromatic rings. The van der Waals surface area contributed by atoms with Gasteiger partial charge in [0.05, 0.1) is 0 Å². The standard InChI is InChI=1S/C16H30ClNO/c1-3-5-6-14-7-9-15(10-8-14)16(19)18(12-4-2)13-11-17/h14-15H,3-13H2,1-2H3. The lowest BCUT2D eigenvalue weighted by Crippen LogP contribution is -2.39. The molecule has 0 atom stereocenters. The molecule has 0 radical (unpaired) electrons. The van der Waals surface area contributed by atoms with Crippen LogP contribution in [0.1, 0.15) is 65.2 Å². The van der Waals surface area contributed by atoms with Crippen molar-refractivity contribution >= 4 is 17.5 Å². The van der Waals surface area contributed by atoms with E-state index in [4.69, 9.17) is 11.6 Å². The van der Waals surface area contributed by atoms with Gasteiger partial charge in [-0.1, -0.05) is 33.1 Å². The number of amides is 1. The van der Waals surface area contributed by atoms with E-state index < -0.39 is 0 Å². The number of halogens is 1. The van der Waals surface area contributed by atoms with Crippen LogP contribution < -0.4 is 0 Å². The third-order valence-corrected chi connectivity index (χ3v) is 4.49. The number of carbonyl (C=O) groups is 1. The third kappa shape index (κ3) is 5.72. The van der Waals surface area contributed by atoms with Crippen molar-refractivity contribution in [2.75, 3.05) is 19.0 Å². The fourth-order valence-electron chi connectivity index (χ4n) is 3.15. The number of hydrogen-bond acceptors (Lipinski definition) is 1. The number of rotatable bonds is 8. The van der Waals surface area contributed by atoms with E-state index in [1.54, 1.807) is 0 Å². The molecule has 0 heterocycles. The van der Waals surface area contributed by atoms with Gasteiger partial charge >= 0.3 is 0 Å². The van der Waals surface area contributed by atoms with E-state index in [2.05, 4.69) is 13.8 Å². The molecule has 3 heteroatoms. The smallest absolute Gasteiger partial charge is 0.225 e. The maximum Gasteiger partial charge on any atom is 0.225 e. The molecule has 0 bridgehead atoms. The highest BCUT2D eigenvalue weighted by Crippen LogP contribution is 2.32. The third-order valence-electron chi connectivity index (χ3n) is 4.32. The molecule has 0 aromatic carbocycles. The van der Waals surface area contributed by atoms with Gasteiger partial charge in [0.15, 0.2) is 0 Å². The fraction of sp³-hybridized carbons (Fsp3) is 0.938. The SMILES string of the molecule is CCCCC1CCC(C(=O)N(CCC)CCCl)CC1. The molecule has 0 aromatic heterocycles. The first-order chi connectivity index (χ1) is 9.22. The van der Waals surface area contributed by atoms with Gasteiger partial charge in [-0.25, -0.2) is 0 Å². The van der Waals surface area contributed by atoms with Crippen molar-refractivity contribution in [3.05, 3.63) is 0 Å². The van der Waals surface area contributed by atoms with Crippen LogP contribution >= 0.6 is 11.6 Å². The normalized spacial score (nSPS) is 23.3. The number of alkyl halides is 1. The molecule has 0 spiro atoms. The lowest BCUT2D eigenvalue weighted by Gasteiger charge is -2.32.